The van der Waals surface area contributed by atoms with Crippen molar-refractivity contribution >= 4 is 27.5 Å². The normalized spacial score (nSPS) is 10.1. The summed E-state index contributed by atoms with van der Waals surface area (Å²) in [7, 11) is 0. The van der Waals surface area contributed by atoms with Gasteiger partial charge in [-0.05, 0) is 36.4 Å². The molecular formula is C13H11BrN2O2. The van der Waals surface area contributed by atoms with Gasteiger partial charge >= 0.3 is 0 Å². The summed E-state index contributed by atoms with van der Waals surface area (Å²) in [5.74, 6) is 0.591. The largest absolute Gasteiger partial charge is 0.457 e. The van der Waals surface area contributed by atoms with Crippen LogP contribution < -0.4 is 16.2 Å². The molecule has 0 unspecified atom stereocenters. The zero-order valence-corrected chi connectivity index (χ0v) is 11.0. The number of hydrogen-bond donors (Lipinski definition) is 2. The van der Waals surface area contributed by atoms with E-state index in [2.05, 4.69) is 15.9 Å². The highest BCUT2D eigenvalue weighted by Gasteiger charge is 2.08. The smallest absolute Gasteiger partial charge is 0.250 e. The van der Waals surface area contributed by atoms with Gasteiger partial charge in [0.05, 0.1) is 5.56 Å². The number of nitrogen functional groups attached to an aromatic ring is 1. The molecule has 92 valence electrons. The summed E-state index contributed by atoms with van der Waals surface area (Å²) in [6, 6.07) is 12.2. The van der Waals surface area contributed by atoms with Gasteiger partial charge in [-0.25, -0.2) is 0 Å². The number of anilines is 1. The Kier molecular flexibility index (Phi) is 3.53. The zero-order valence-electron chi connectivity index (χ0n) is 9.39. The van der Waals surface area contributed by atoms with E-state index in [0.29, 0.717) is 17.2 Å². The van der Waals surface area contributed by atoms with Crippen molar-refractivity contribution < 1.29 is 9.53 Å². The second-order valence-electron chi connectivity index (χ2n) is 3.67. The number of ether oxygens (including phenoxy) is 1. The SMILES string of the molecule is NC(=O)c1cc(Oc2cccc(Br)c2)ccc1N. The van der Waals surface area contributed by atoms with Gasteiger partial charge in [-0.15, -0.1) is 0 Å². The molecule has 2 rings (SSSR count). The van der Waals surface area contributed by atoms with Crippen molar-refractivity contribution in [2.24, 2.45) is 5.73 Å². The van der Waals surface area contributed by atoms with Gasteiger partial charge < -0.3 is 16.2 Å². The summed E-state index contributed by atoms with van der Waals surface area (Å²) in [5, 5.41) is 0. The molecule has 0 aromatic heterocycles. The number of halogens is 1. The van der Waals surface area contributed by atoms with Gasteiger partial charge in [-0.1, -0.05) is 22.0 Å². The lowest BCUT2D eigenvalue weighted by molar-refractivity contribution is 0.100. The summed E-state index contributed by atoms with van der Waals surface area (Å²) in [6.45, 7) is 0. The first-order chi connectivity index (χ1) is 8.56. The average Bonchev–Trinajstić information content (AvgIpc) is 2.31. The van der Waals surface area contributed by atoms with Gasteiger partial charge in [-0.2, -0.15) is 0 Å². The average molecular weight is 307 g/mol. The molecule has 18 heavy (non-hydrogen) atoms. The second kappa shape index (κ2) is 5.10. The first kappa shape index (κ1) is 12.4. The Morgan fingerprint density at radius 1 is 1.11 bits per heavy atom. The minimum atomic E-state index is -0.577. The number of primary amides is 1. The topological polar surface area (TPSA) is 78.3 Å². The van der Waals surface area contributed by atoms with E-state index in [1.165, 1.54) is 6.07 Å². The Hall–Kier alpha value is -2.01. The number of benzene rings is 2. The van der Waals surface area contributed by atoms with E-state index in [9.17, 15) is 4.79 Å². The zero-order chi connectivity index (χ0) is 13.1. The summed E-state index contributed by atoms with van der Waals surface area (Å²) >= 11 is 3.35. The fourth-order valence-corrected chi connectivity index (χ4v) is 1.86. The summed E-state index contributed by atoms with van der Waals surface area (Å²) < 4.78 is 6.52. The van der Waals surface area contributed by atoms with E-state index >= 15 is 0 Å². The third-order valence-electron chi connectivity index (χ3n) is 2.32. The Balaban J connectivity index is 2.30. The Morgan fingerprint density at radius 2 is 1.83 bits per heavy atom. The molecule has 0 heterocycles. The highest BCUT2D eigenvalue weighted by atomic mass is 79.9. The van der Waals surface area contributed by atoms with Crippen LogP contribution in [-0.4, -0.2) is 5.91 Å². The van der Waals surface area contributed by atoms with Crippen LogP contribution in [0.3, 0.4) is 0 Å². The monoisotopic (exact) mass is 306 g/mol. The number of nitrogens with two attached hydrogens (primary N) is 2. The fourth-order valence-electron chi connectivity index (χ4n) is 1.48. The van der Waals surface area contributed by atoms with Crippen LogP contribution in [0.25, 0.3) is 0 Å². The van der Waals surface area contributed by atoms with E-state index in [-0.39, 0.29) is 5.56 Å². The maximum Gasteiger partial charge on any atom is 0.250 e. The Bertz CT molecular complexity index is 599. The van der Waals surface area contributed by atoms with Crippen molar-refractivity contribution in [2.75, 3.05) is 5.73 Å². The van der Waals surface area contributed by atoms with Gasteiger partial charge in [0.25, 0.3) is 5.91 Å². The standard InChI is InChI=1S/C13H11BrN2O2/c14-8-2-1-3-9(6-8)18-10-4-5-12(15)11(7-10)13(16)17/h1-7H,15H2,(H2,16,17). The Morgan fingerprint density at radius 3 is 2.50 bits per heavy atom. The van der Waals surface area contributed by atoms with Crippen molar-refractivity contribution in [1.29, 1.82) is 0 Å². The van der Waals surface area contributed by atoms with Gasteiger partial charge in [0.15, 0.2) is 0 Å². The number of amides is 1. The fraction of sp³-hybridized carbons (Fsp3) is 0. The first-order valence-corrected chi connectivity index (χ1v) is 5.98. The number of carbonyl (C=O) groups is 1. The molecule has 0 fully saturated rings. The van der Waals surface area contributed by atoms with E-state index in [1.807, 2.05) is 24.3 Å². The second-order valence-corrected chi connectivity index (χ2v) is 4.59. The van der Waals surface area contributed by atoms with Gasteiger partial charge in [0.2, 0.25) is 0 Å². The lowest BCUT2D eigenvalue weighted by Crippen LogP contribution is -2.13. The summed E-state index contributed by atoms with van der Waals surface area (Å²) in [4.78, 5) is 11.2. The van der Waals surface area contributed by atoms with Crippen LogP contribution in [0.1, 0.15) is 10.4 Å². The quantitative estimate of drug-likeness (QED) is 0.856. The predicted octanol–water partition coefficient (Wildman–Crippen LogP) is 2.92. The lowest BCUT2D eigenvalue weighted by Gasteiger charge is -2.08. The molecule has 2 aromatic carbocycles. The van der Waals surface area contributed by atoms with Crippen LogP contribution in [0.15, 0.2) is 46.9 Å². The van der Waals surface area contributed by atoms with E-state index in [1.54, 1.807) is 12.1 Å². The van der Waals surface area contributed by atoms with Crippen molar-refractivity contribution in [3.8, 4) is 11.5 Å². The molecule has 0 saturated heterocycles. The number of rotatable bonds is 3. The number of carbonyl (C=O) groups excluding carboxylic acids is 1. The van der Waals surface area contributed by atoms with Crippen molar-refractivity contribution in [3.05, 3.63) is 52.5 Å². The molecule has 0 aliphatic rings. The third-order valence-corrected chi connectivity index (χ3v) is 2.82. The van der Waals surface area contributed by atoms with E-state index < -0.39 is 5.91 Å². The molecule has 0 radical (unpaired) electrons. The molecule has 0 aliphatic carbocycles. The molecule has 0 saturated carbocycles. The molecule has 0 bridgehead atoms. The maximum atomic E-state index is 11.2. The summed E-state index contributed by atoms with van der Waals surface area (Å²) in [6.07, 6.45) is 0. The van der Waals surface area contributed by atoms with Crippen molar-refractivity contribution in [1.82, 2.24) is 0 Å². The predicted molar refractivity (Wildman–Crippen MR) is 73.6 cm³/mol. The maximum absolute atomic E-state index is 11.2. The minimum absolute atomic E-state index is 0.252. The number of hydrogen-bond acceptors (Lipinski definition) is 3. The van der Waals surface area contributed by atoms with Crippen LogP contribution in [0.4, 0.5) is 5.69 Å². The molecule has 0 aliphatic heterocycles. The van der Waals surface area contributed by atoms with Crippen LogP contribution >= 0.6 is 15.9 Å². The molecule has 2 aromatic rings. The molecule has 5 heteroatoms. The molecule has 0 atom stereocenters. The van der Waals surface area contributed by atoms with Gasteiger partial charge in [-0.3, -0.25) is 4.79 Å². The molecule has 1 amide bonds. The van der Waals surface area contributed by atoms with Gasteiger partial charge in [0.1, 0.15) is 11.5 Å². The van der Waals surface area contributed by atoms with Crippen LogP contribution in [0, 0.1) is 0 Å². The van der Waals surface area contributed by atoms with Crippen molar-refractivity contribution in [2.45, 2.75) is 0 Å². The Labute approximate surface area is 113 Å². The first-order valence-electron chi connectivity index (χ1n) is 5.19. The highest BCUT2D eigenvalue weighted by Crippen LogP contribution is 2.26. The molecule has 0 spiro atoms. The van der Waals surface area contributed by atoms with Crippen molar-refractivity contribution in [3.63, 3.8) is 0 Å². The van der Waals surface area contributed by atoms with Crippen LogP contribution in [0.5, 0.6) is 11.5 Å². The minimum Gasteiger partial charge on any atom is -0.457 e. The van der Waals surface area contributed by atoms with E-state index in [0.717, 1.165) is 4.47 Å². The molecular weight excluding hydrogens is 296 g/mol. The third kappa shape index (κ3) is 2.81. The lowest BCUT2D eigenvalue weighted by atomic mass is 10.1. The van der Waals surface area contributed by atoms with E-state index in [4.69, 9.17) is 16.2 Å². The van der Waals surface area contributed by atoms with Crippen LogP contribution in [-0.2, 0) is 0 Å². The van der Waals surface area contributed by atoms with Gasteiger partial charge in [0, 0.05) is 10.2 Å². The molecule has 4 N–H and O–H groups in total. The van der Waals surface area contributed by atoms with Crippen LogP contribution in [0.2, 0.25) is 0 Å². The molecule has 4 nitrogen and oxygen atoms in total. The highest BCUT2D eigenvalue weighted by molar-refractivity contribution is 9.10. The summed E-state index contributed by atoms with van der Waals surface area (Å²) in [5.41, 5.74) is 11.5.